The van der Waals surface area contributed by atoms with Crippen LogP contribution in [0.4, 0.5) is 13.2 Å². The zero-order valence-corrected chi connectivity index (χ0v) is 20.4. The van der Waals surface area contributed by atoms with Crippen molar-refractivity contribution in [1.29, 1.82) is 0 Å². The van der Waals surface area contributed by atoms with Crippen molar-refractivity contribution in [3.05, 3.63) is 35.4 Å². The summed E-state index contributed by atoms with van der Waals surface area (Å²) in [6.07, 6.45) is -2.72. The number of carbonyl (C=O) groups excluding carboxylic acids is 1. The Hall–Kier alpha value is -1.96. The molecule has 0 saturated carbocycles. The zero-order chi connectivity index (χ0) is 22.1. The van der Waals surface area contributed by atoms with Gasteiger partial charge in [-0.2, -0.15) is 13.2 Å². The predicted molar refractivity (Wildman–Crippen MR) is 127 cm³/mol. The lowest BCUT2D eigenvalue weighted by atomic mass is 10.0. The number of rotatable bonds is 4. The third-order valence-corrected chi connectivity index (χ3v) is 4.72. The number of aliphatic imine (C=N–C) groups is 1. The Labute approximate surface area is 199 Å². The van der Waals surface area contributed by atoms with Gasteiger partial charge in [0.15, 0.2) is 5.96 Å². The molecule has 5 nitrogen and oxygen atoms in total. The zero-order valence-electron chi connectivity index (χ0n) is 18.1. The van der Waals surface area contributed by atoms with Crippen molar-refractivity contribution in [2.24, 2.45) is 10.9 Å². The Morgan fingerprint density at radius 1 is 1.29 bits per heavy atom. The van der Waals surface area contributed by atoms with E-state index in [1.54, 1.807) is 6.07 Å². The smallest absolute Gasteiger partial charge is 0.357 e. The maximum Gasteiger partial charge on any atom is 0.416 e. The molecule has 0 atom stereocenters. The highest BCUT2D eigenvalue weighted by Gasteiger charge is 2.30. The van der Waals surface area contributed by atoms with Crippen LogP contribution in [0, 0.1) is 17.8 Å². The number of nitrogens with one attached hydrogen (secondary N) is 2. The first-order valence-electron chi connectivity index (χ1n) is 10.2. The fraction of sp³-hybridized carbons (Fsp3) is 0.545. The number of nitrogens with zero attached hydrogens (tertiary/aromatic N) is 2. The maximum atomic E-state index is 12.8. The fourth-order valence-electron chi connectivity index (χ4n) is 3.16. The van der Waals surface area contributed by atoms with Crippen molar-refractivity contribution >= 4 is 35.8 Å². The van der Waals surface area contributed by atoms with E-state index >= 15 is 0 Å². The van der Waals surface area contributed by atoms with Crippen LogP contribution < -0.4 is 10.6 Å². The Kier molecular flexibility index (Phi) is 11.2. The molecule has 0 aliphatic carbocycles. The van der Waals surface area contributed by atoms with Crippen LogP contribution in [0.2, 0.25) is 0 Å². The minimum Gasteiger partial charge on any atom is -0.357 e. The monoisotopic (exact) mass is 550 g/mol. The van der Waals surface area contributed by atoms with Crippen LogP contribution in [0.15, 0.2) is 29.3 Å². The number of piperidine rings is 1. The summed E-state index contributed by atoms with van der Waals surface area (Å²) in [5.74, 6) is 6.33. The molecule has 0 bridgehead atoms. The third kappa shape index (κ3) is 8.97. The number of hydrogen-bond acceptors (Lipinski definition) is 2. The van der Waals surface area contributed by atoms with Crippen LogP contribution >= 0.6 is 24.0 Å². The molecular formula is C22H30F3IN4O. The summed E-state index contributed by atoms with van der Waals surface area (Å²) in [7, 11) is 0. The van der Waals surface area contributed by atoms with Gasteiger partial charge < -0.3 is 15.5 Å². The number of carbonyl (C=O) groups is 1. The molecular weight excluding hydrogens is 520 g/mol. The van der Waals surface area contributed by atoms with Crippen molar-refractivity contribution in [2.45, 2.75) is 45.8 Å². The lowest BCUT2D eigenvalue weighted by Gasteiger charge is -2.34. The minimum absolute atomic E-state index is 0. The first-order valence-corrected chi connectivity index (χ1v) is 10.2. The van der Waals surface area contributed by atoms with Crippen LogP contribution in [0.3, 0.4) is 0 Å². The number of halogens is 4. The van der Waals surface area contributed by atoms with Crippen LogP contribution in [-0.2, 0) is 11.0 Å². The van der Waals surface area contributed by atoms with Crippen LogP contribution in [0.5, 0.6) is 0 Å². The van der Waals surface area contributed by atoms with Gasteiger partial charge in [-0.15, -0.1) is 24.0 Å². The number of alkyl halides is 3. The molecule has 1 heterocycles. The van der Waals surface area contributed by atoms with Gasteiger partial charge in [0.25, 0.3) is 0 Å². The Balaban J connectivity index is 0.00000480. The molecule has 31 heavy (non-hydrogen) atoms. The SMILES string of the molecule is CCNC(=NCC#Cc1cccc(C(F)(F)F)c1)NC1CCN(C(=O)C(C)C)CC1.I. The largest absolute Gasteiger partial charge is 0.416 e. The summed E-state index contributed by atoms with van der Waals surface area (Å²) in [6, 6.07) is 5.15. The lowest BCUT2D eigenvalue weighted by Crippen LogP contribution is -2.50. The van der Waals surface area contributed by atoms with Gasteiger partial charge in [0.1, 0.15) is 6.54 Å². The number of guanidine groups is 1. The summed E-state index contributed by atoms with van der Waals surface area (Å²) >= 11 is 0. The van der Waals surface area contributed by atoms with E-state index in [-0.39, 0.29) is 48.4 Å². The van der Waals surface area contributed by atoms with E-state index in [1.807, 2.05) is 25.7 Å². The second-order valence-electron chi connectivity index (χ2n) is 7.47. The van der Waals surface area contributed by atoms with Crippen molar-refractivity contribution in [1.82, 2.24) is 15.5 Å². The number of hydrogen-bond donors (Lipinski definition) is 2. The van der Waals surface area contributed by atoms with Gasteiger partial charge in [-0.3, -0.25) is 4.79 Å². The lowest BCUT2D eigenvalue weighted by molar-refractivity contribution is -0.137. The maximum absolute atomic E-state index is 12.8. The second kappa shape index (κ2) is 12.8. The van der Waals surface area contributed by atoms with Gasteiger partial charge >= 0.3 is 6.18 Å². The summed E-state index contributed by atoms with van der Waals surface area (Å²) < 4.78 is 38.3. The fourth-order valence-corrected chi connectivity index (χ4v) is 3.16. The van der Waals surface area contributed by atoms with Gasteiger partial charge in [0, 0.05) is 37.2 Å². The van der Waals surface area contributed by atoms with E-state index in [4.69, 9.17) is 0 Å². The molecule has 1 aromatic carbocycles. The highest BCUT2D eigenvalue weighted by Crippen LogP contribution is 2.29. The summed E-state index contributed by atoms with van der Waals surface area (Å²) in [6.45, 7) is 8.03. The quantitative estimate of drug-likeness (QED) is 0.259. The molecule has 2 rings (SSSR count). The van der Waals surface area contributed by atoms with E-state index in [9.17, 15) is 18.0 Å². The molecule has 1 aliphatic heterocycles. The van der Waals surface area contributed by atoms with E-state index < -0.39 is 11.7 Å². The third-order valence-electron chi connectivity index (χ3n) is 4.72. The molecule has 0 unspecified atom stereocenters. The topological polar surface area (TPSA) is 56.7 Å². The van der Waals surface area contributed by atoms with E-state index in [2.05, 4.69) is 27.5 Å². The molecule has 1 amide bonds. The molecule has 1 saturated heterocycles. The summed E-state index contributed by atoms with van der Waals surface area (Å²) in [5, 5.41) is 6.51. The number of amides is 1. The van der Waals surface area contributed by atoms with Crippen molar-refractivity contribution in [3.8, 4) is 11.8 Å². The Morgan fingerprint density at radius 2 is 1.97 bits per heavy atom. The highest BCUT2D eigenvalue weighted by atomic mass is 127. The Bertz CT molecular complexity index is 807. The second-order valence-corrected chi connectivity index (χ2v) is 7.47. The standard InChI is InChI=1S/C22H29F3N4O.HI/c1-4-26-21(28-19-10-13-29(14-11-19)20(30)16(2)3)27-12-6-8-17-7-5-9-18(15-17)22(23,24)25;/h5,7,9,15-16,19H,4,10-14H2,1-3H3,(H2,26,27,28);1H. The molecule has 0 aromatic heterocycles. The van der Waals surface area contributed by atoms with Crippen LogP contribution in [0.1, 0.15) is 44.7 Å². The summed E-state index contributed by atoms with van der Waals surface area (Å²) in [4.78, 5) is 18.4. The van der Waals surface area contributed by atoms with Gasteiger partial charge in [-0.25, -0.2) is 4.99 Å². The van der Waals surface area contributed by atoms with E-state index in [0.717, 1.165) is 25.0 Å². The van der Waals surface area contributed by atoms with Crippen LogP contribution in [0.25, 0.3) is 0 Å². The molecule has 172 valence electrons. The molecule has 1 fully saturated rings. The molecule has 2 N–H and O–H groups in total. The predicted octanol–water partition coefficient (Wildman–Crippen LogP) is 3.88. The average Bonchev–Trinajstić information content (AvgIpc) is 2.71. The highest BCUT2D eigenvalue weighted by molar-refractivity contribution is 14.0. The van der Waals surface area contributed by atoms with Gasteiger partial charge in [-0.1, -0.05) is 31.8 Å². The van der Waals surface area contributed by atoms with Crippen molar-refractivity contribution < 1.29 is 18.0 Å². The van der Waals surface area contributed by atoms with Gasteiger partial charge in [-0.05, 0) is 38.0 Å². The molecule has 0 radical (unpaired) electrons. The van der Waals surface area contributed by atoms with E-state index in [1.165, 1.54) is 6.07 Å². The number of benzene rings is 1. The number of likely N-dealkylation sites (tertiary alicyclic amines) is 1. The normalized spacial score (nSPS) is 15.1. The van der Waals surface area contributed by atoms with Gasteiger partial charge in [0.2, 0.25) is 5.91 Å². The first-order chi connectivity index (χ1) is 14.2. The molecule has 0 spiro atoms. The average molecular weight is 550 g/mol. The van der Waals surface area contributed by atoms with Crippen molar-refractivity contribution in [2.75, 3.05) is 26.2 Å². The van der Waals surface area contributed by atoms with E-state index in [0.29, 0.717) is 31.2 Å². The summed E-state index contributed by atoms with van der Waals surface area (Å²) in [5.41, 5.74) is -0.407. The minimum atomic E-state index is -4.38. The first kappa shape index (κ1) is 27.1. The molecule has 1 aliphatic rings. The molecule has 9 heteroatoms. The Morgan fingerprint density at radius 3 is 2.55 bits per heavy atom. The van der Waals surface area contributed by atoms with Crippen molar-refractivity contribution in [3.63, 3.8) is 0 Å². The van der Waals surface area contributed by atoms with Gasteiger partial charge in [0.05, 0.1) is 5.56 Å². The molecule has 1 aromatic rings. The van der Waals surface area contributed by atoms with Crippen LogP contribution in [-0.4, -0.2) is 49.0 Å².